The Bertz CT molecular complexity index is 694. The van der Waals surface area contributed by atoms with Crippen molar-refractivity contribution in [1.82, 2.24) is 0 Å². The highest BCUT2D eigenvalue weighted by molar-refractivity contribution is 5.91. The molecule has 0 saturated carbocycles. The summed E-state index contributed by atoms with van der Waals surface area (Å²) in [7, 11) is 0. The Morgan fingerprint density at radius 3 is 2.57 bits per heavy atom. The van der Waals surface area contributed by atoms with Crippen LogP contribution in [0.4, 0.5) is 5.69 Å². The highest BCUT2D eigenvalue weighted by atomic mass is 16.6. The first kappa shape index (κ1) is 14.7. The molecule has 0 aliphatic carbocycles. The lowest BCUT2D eigenvalue weighted by Crippen LogP contribution is -2.08. The SMILES string of the molecule is Cc1ccc(C(=O)OCc2ccccc2[N+](=O)[O-])c(C)c1. The Morgan fingerprint density at radius 1 is 1.19 bits per heavy atom. The van der Waals surface area contributed by atoms with Crippen molar-refractivity contribution in [3.63, 3.8) is 0 Å². The van der Waals surface area contributed by atoms with Crippen LogP contribution in [0.2, 0.25) is 0 Å². The molecular weight excluding hydrogens is 270 g/mol. The Labute approximate surface area is 122 Å². The number of hydrogen-bond donors (Lipinski definition) is 0. The number of hydrogen-bond acceptors (Lipinski definition) is 4. The first-order valence-corrected chi connectivity index (χ1v) is 6.45. The molecule has 0 atom stereocenters. The summed E-state index contributed by atoms with van der Waals surface area (Å²) < 4.78 is 5.18. The fraction of sp³-hybridized carbons (Fsp3) is 0.188. The van der Waals surface area contributed by atoms with Crippen molar-refractivity contribution in [2.45, 2.75) is 20.5 Å². The summed E-state index contributed by atoms with van der Waals surface area (Å²) >= 11 is 0. The van der Waals surface area contributed by atoms with Crippen LogP contribution in [0, 0.1) is 24.0 Å². The predicted molar refractivity (Wildman–Crippen MR) is 78.1 cm³/mol. The van der Waals surface area contributed by atoms with Gasteiger partial charge in [0.1, 0.15) is 6.61 Å². The molecular formula is C16H15NO4. The maximum Gasteiger partial charge on any atom is 0.338 e. The molecule has 0 heterocycles. The molecule has 0 radical (unpaired) electrons. The summed E-state index contributed by atoms with van der Waals surface area (Å²) in [5.41, 5.74) is 2.68. The summed E-state index contributed by atoms with van der Waals surface area (Å²) in [5.74, 6) is -0.481. The van der Waals surface area contributed by atoms with E-state index in [1.807, 2.05) is 26.0 Å². The Morgan fingerprint density at radius 2 is 1.90 bits per heavy atom. The number of nitro groups is 1. The van der Waals surface area contributed by atoms with Gasteiger partial charge in [0, 0.05) is 6.07 Å². The first-order chi connectivity index (χ1) is 9.99. The van der Waals surface area contributed by atoms with Gasteiger partial charge in [-0.2, -0.15) is 0 Å². The summed E-state index contributed by atoms with van der Waals surface area (Å²) in [6, 6.07) is 11.6. The number of benzene rings is 2. The minimum atomic E-state index is -0.486. The van der Waals surface area contributed by atoms with E-state index >= 15 is 0 Å². The summed E-state index contributed by atoms with van der Waals surface area (Å²) in [5, 5.41) is 10.9. The second-order valence-electron chi connectivity index (χ2n) is 4.78. The Kier molecular flexibility index (Phi) is 4.33. The number of rotatable bonds is 4. The van der Waals surface area contributed by atoms with Crippen LogP contribution in [-0.4, -0.2) is 10.9 Å². The molecule has 0 aromatic heterocycles. The van der Waals surface area contributed by atoms with E-state index in [9.17, 15) is 14.9 Å². The second-order valence-corrected chi connectivity index (χ2v) is 4.78. The molecule has 5 heteroatoms. The molecule has 0 spiro atoms. The third-order valence-corrected chi connectivity index (χ3v) is 3.15. The number of para-hydroxylation sites is 1. The van der Waals surface area contributed by atoms with Gasteiger partial charge < -0.3 is 4.74 Å². The minimum absolute atomic E-state index is 0.0501. The van der Waals surface area contributed by atoms with E-state index in [1.165, 1.54) is 6.07 Å². The summed E-state index contributed by atoms with van der Waals surface area (Å²) in [6.07, 6.45) is 0. The molecule has 0 amide bonds. The van der Waals surface area contributed by atoms with Crippen LogP contribution >= 0.6 is 0 Å². The van der Waals surface area contributed by atoms with E-state index in [0.717, 1.165) is 11.1 Å². The molecule has 5 nitrogen and oxygen atoms in total. The standard InChI is InChI=1S/C16H15NO4/c1-11-7-8-14(12(2)9-11)16(18)21-10-13-5-3-4-6-15(13)17(19)20/h3-9H,10H2,1-2H3. The van der Waals surface area contributed by atoms with Crippen molar-refractivity contribution in [3.8, 4) is 0 Å². The number of nitro benzene ring substituents is 1. The van der Waals surface area contributed by atoms with E-state index in [-0.39, 0.29) is 12.3 Å². The van der Waals surface area contributed by atoms with Crippen LogP contribution in [0.15, 0.2) is 42.5 Å². The van der Waals surface area contributed by atoms with Crippen LogP contribution in [0.3, 0.4) is 0 Å². The molecule has 21 heavy (non-hydrogen) atoms. The van der Waals surface area contributed by atoms with Gasteiger partial charge in [0.15, 0.2) is 0 Å². The van der Waals surface area contributed by atoms with Gasteiger partial charge in [-0.05, 0) is 31.5 Å². The van der Waals surface area contributed by atoms with E-state index in [2.05, 4.69) is 0 Å². The number of ether oxygens (including phenoxy) is 1. The van der Waals surface area contributed by atoms with Gasteiger partial charge in [-0.3, -0.25) is 10.1 Å². The monoisotopic (exact) mass is 285 g/mol. The zero-order valence-electron chi connectivity index (χ0n) is 11.8. The molecule has 2 rings (SSSR count). The van der Waals surface area contributed by atoms with Gasteiger partial charge >= 0.3 is 5.97 Å². The molecule has 0 unspecified atom stereocenters. The maximum atomic E-state index is 12.0. The topological polar surface area (TPSA) is 69.4 Å². The lowest BCUT2D eigenvalue weighted by Gasteiger charge is -2.08. The fourth-order valence-corrected chi connectivity index (χ4v) is 2.07. The van der Waals surface area contributed by atoms with Crippen molar-refractivity contribution in [2.75, 3.05) is 0 Å². The van der Waals surface area contributed by atoms with Gasteiger partial charge in [0.25, 0.3) is 5.69 Å². The normalized spacial score (nSPS) is 10.2. The van der Waals surface area contributed by atoms with Gasteiger partial charge in [-0.25, -0.2) is 4.79 Å². The zero-order valence-corrected chi connectivity index (χ0v) is 11.8. The van der Waals surface area contributed by atoms with Gasteiger partial charge in [0.05, 0.1) is 16.1 Å². The van der Waals surface area contributed by atoms with E-state index in [4.69, 9.17) is 4.74 Å². The van der Waals surface area contributed by atoms with Crippen LogP contribution < -0.4 is 0 Å². The van der Waals surface area contributed by atoms with Crippen LogP contribution in [0.5, 0.6) is 0 Å². The van der Waals surface area contributed by atoms with Crippen LogP contribution in [0.25, 0.3) is 0 Å². The number of nitrogens with zero attached hydrogens (tertiary/aromatic N) is 1. The molecule has 0 aliphatic heterocycles. The van der Waals surface area contributed by atoms with E-state index in [0.29, 0.717) is 11.1 Å². The lowest BCUT2D eigenvalue weighted by molar-refractivity contribution is -0.385. The summed E-state index contributed by atoms with van der Waals surface area (Å²) in [6.45, 7) is 3.65. The number of carbonyl (C=O) groups is 1. The number of carbonyl (C=O) groups excluding carboxylic acids is 1. The molecule has 108 valence electrons. The minimum Gasteiger partial charge on any atom is -0.457 e. The van der Waals surface area contributed by atoms with Gasteiger partial charge in [-0.15, -0.1) is 0 Å². The summed E-state index contributed by atoms with van der Waals surface area (Å²) in [4.78, 5) is 22.4. The molecule has 0 saturated heterocycles. The second kappa shape index (κ2) is 6.17. The average Bonchev–Trinajstić information content (AvgIpc) is 2.45. The van der Waals surface area contributed by atoms with Crippen molar-refractivity contribution < 1.29 is 14.5 Å². The van der Waals surface area contributed by atoms with Crippen molar-refractivity contribution >= 4 is 11.7 Å². The third kappa shape index (κ3) is 3.45. The zero-order chi connectivity index (χ0) is 15.4. The van der Waals surface area contributed by atoms with Crippen LogP contribution in [0.1, 0.15) is 27.0 Å². The van der Waals surface area contributed by atoms with Gasteiger partial charge in [-0.1, -0.05) is 29.8 Å². The smallest absolute Gasteiger partial charge is 0.338 e. The van der Waals surface area contributed by atoms with Gasteiger partial charge in [0.2, 0.25) is 0 Å². The molecule has 0 bridgehead atoms. The highest BCUT2D eigenvalue weighted by Gasteiger charge is 2.16. The maximum absolute atomic E-state index is 12.0. The molecule has 0 fully saturated rings. The quantitative estimate of drug-likeness (QED) is 0.489. The molecule has 2 aromatic carbocycles. The highest BCUT2D eigenvalue weighted by Crippen LogP contribution is 2.19. The van der Waals surface area contributed by atoms with Crippen molar-refractivity contribution in [2.24, 2.45) is 0 Å². The van der Waals surface area contributed by atoms with E-state index < -0.39 is 10.9 Å². The third-order valence-electron chi connectivity index (χ3n) is 3.15. The average molecular weight is 285 g/mol. The Balaban J connectivity index is 2.13. The molecule has 0 aliphatic rings. The van der Waals surface area contributed by atoms with E-state index in [1.54, 1.807) is 24.3 Å². The first-order valence-electron chi connectivity index (χ1n) is 6.45. The number of aryl methyl sites for hydroxylation is 2. The van der Waals surface area contributed by atoms with Crippen molar-refractivity contribution in [1.29, 1.82) is 0 Å². The Hall–Kier alpha value is -2.69. The van der Waals surface area contributed by atoms with Crippen molar-refractivity contribution in [3.05, 3.63) is 74.8 Å². The molecule has 2 aromatic rings. The fourth-order valence-electron chi connectivity index (χ4n) is 2.07. The van der Waals surface area contributed by atoms with Crippen LogP contribution in [-0.2, 0) is 11.3 Å². The predicted octanol–water partition coefficient (Wildman–Crippen LogP) is 3.57. The molecule has 0 N–H and O–H groups in total. The lowest BCUT2D eigenvalue weighted by atomic mass is 10.1. The number of esters is 1. The largest absolute Gasteiger partial charge is 0.457 e.